The first-order valence-corrected chi connectivity index (χ1v) is 8.30. The number of pyridine rings is 1. The summed E-state index contributed by atoms with van der Waals surface area (Å²) in [6, 6.07) is 9.83. The van der Waals surface area contributed by atoms with Crippen molar-refractivity contribution in [3.63, 3.8) is 0 Å². The highest BCUT2D eigenvalue weighted by molar-refractivity contribution is 5.91. The van der Waals surface area contributed by atoms with Crippen molar-refractivity contribution in [3.8, 4) is 0 Å². The van der Waals surface area contributed by atoms with E-state index in [4.69, 9.17) is 0 Å². The number of halogens is 1. The Morgan fingerprint density at radius 1 is 1.12 bits per heavy atom. The van der Waals surface area contributed by atoms with Crippen LogP contribution in [0.4, 0.5) is 4.39 Å². The number of hydrogen-bond donors (Lipinski definition) is 2. The number of nitrogens with one attached hydrogen (secondary N) is 2. The molecule has 0 unspecified atom stereocenters. The van der Waals surface area contributed by atoms with Crippen molar-refractivity contribution in [2.45, 2.75) is 31.2 Å². The van der Waals surface area contributed by atoms with E-state index in [9.17, 15) is 14.0 Å². The Hall–Kier alpha value is -2.76. The van der Waals surface area contributed by atoms with Gasteiger partial charge >= 0.3 is 0 Å². The Morgan fingerprint density at radius 2 is 1.88 bits per heavy atom. The topological polar surface area (TPSA) is 71.1 Å². The van der Waals surface area contributed by atoms with E-state index in [2.05, 4.69) is 15.6 Å². The van der Waals surface area contributed by atoms with Gasteiger partial charge in [0.15, 0.2) is 0 Å². The maximum Gasteiger partial charge on any atom is 0.230 e. The van der Waals surface area contributed by atoms with Crippen LogP contribution in [0.1, 0.15) is 30.4 Å². The molecule has 130 valence electrons. The number of nitrogens with zero attached hydrogens (tertiary/aromatic N) is 1. The fraction of sp³-hybridized carbons (Fsp3) is 0.316. The molecule has 25 heavy (non-hydrogen) atoms. The summed E-state index contributed by atoms with van der Waals surface area (Å²) in [5.41, 5.74) is 1.04. The highest BCUT2D eigenvalue weighted by atomic mass is 19.1. The van der Waals surface area contributed by atoms with E-state index in [-0.39, 0.29) is 30.6 Å². The predicted molar refractivity (Wildman–Crippen MR) is 91.0 cm³/mol. The summed E-state index contributed by atoms with van der Waals surface area (Å²) >= 11 is 0. The Bertz CT molecular complexity index is 760. The van der Waals surface area contributed by atoms with Crippen LogP contribution >= 0.6 is 0 Å². The van der Waals surface area contributed by atoms with Gasteiger partial charge in [0.1, 0.15) is 5.82 Å². The Balaban J connectivity index is 1.44. The number of hydrogen-bond acceptors (Lipinski definition) is 3. The summed E-state index contributed by atoms with van der Waals surface area (Å²) in [4.78, 5) is 28.2. The first kappa shape index (κ1) is 17.1. The summed E-state index contributed by atoms with van der Waals surface area (Å²) in [5.74, 6) is -0.611. The Kier molecular flexibility index (Phi) is 5.07. The molecule has 2 aromatic rings. The third kappa shape index (κ3) is 4.21. The second-order valence-corrected chi connectivity index (χ2v) is 6.23. The van der Waals surface area contributed by atoms with Crippen LogP contribution in [-0.4, -0.2) is 23.3 Å². The molecule has 1 heterocycles. The SMILES string of the molecule is O=C(CCNC(=O)C1(c2cccc(F)c2)CC1)NCc1ccncc1. The minimum absolute atomic E-state index is 0.132. The van der Waals surface area contributed by atoms with Gasteiger partial charge in [0.25, 0.3) is 0 Å². The zero-order chi connectivity index (χ0) is 17.7. The average Bonchev–Trinajstić information content (AvgIpc) is 3.43. The molecule has 2 amide bonds. The maximum atomic E-state index is 13.4. The van der Waals surface area contributed by atoms with Gasteiger partial charge in [0.2, 0.25) is 11.8 Å². The quantitative estimate of drug-likeness (QED) is 0.810. The normalized spacial score (nSPS) is 14.6. The molecular weight excluding hydrogens is 321 g/mol. The molecule has 0 bridgehead atoms. The van der Waals surface area contributed by atoms with Gasteiger partial charge in [-0.25, -0.2) is 4.39 Å². The van der Waals surface area contributed by atoms with E-state index in [0.29, 0.717) is 24.9 Å². The minimum Gasteiger partial charge on any atom is -0.355 e. The van der Waals surface area contributed by atoms with Crippen LogP contribution in [-0.2, 0) is 21.5 Å². The molecule has 1 aromatic carbocycles. The fourth-order valence-electron chi connectivity index (χ4n) is 2.81. The fourth-order valence-corrected chi connectivity index (χ4v) is 2.81. The summed E-state index contributed by atoms with van der Waals surface area (Å²) in [6.07, 6.45) is 4.95. The van der Waals surface area contributed by atoms with Crippen molar-refractivity contribution in [2.75, 3.05) is 6.54 Å². The summed E-state index contributed by atoms with van der Waals surface area (Å²) < 4.78 is 13.4. The number of benzene rings is 1. The summed E-state index contributed by atoms with van der Waals surface area (Å²) in [5, 5.41) is 5.60. The molecule has 0 atom stereocenters. The molecule has 1 fully saturated rings. The average molecular weight is 341 g/mol. The molecule has 1 aliphatic rings. The Labute approximate surface area is 145 Å². The first-order chi connectivity index (χ1) is 12.1. The van der Waals surface area contributed by atoms with E-state index in [0.717, 1.165) is 5.56 Å². The Morgan fingerprint density at radius 3 is 2.56 bits per heavy atom. The van der Waals surface area contributed by atoms with Crippen molar-refractivity contribution in [1.29, 1.82) is 0 Å². The van der Waals surface area contributed by atoms with E-state index >= 15 is 0 Å². The molecule has 0 radical (unpaired) electrons. The van der Waals surface area contributed by atoms with Crippen molar-refractivity contribution in [2.24, 2.45) is 0 Å². The zero-order valence-corrected chi connectivity index (χ0v) is 13.8. The lowest BCUT2D eigenvalue weighted by atomic mass is 9.95. The zero-order valence-electron chi connectivity index (χ0n) is 13.8. The molecule has 2 N–H and O–H groups in total. The molecule has 6 heteroatoms. The monoisotopic (exact) mass is 341 g/mol. The second kappa shape index (κ2) is 7.42. The molecular formula is C19H20FN3O2. The van der Waals surface area contributed by atoms with Crippen molar-refractivity contribution in [3.05, 3.63) is 65.7 Å². The molecule has 3 rings (SSSR count). The van der Waals surface area contributed by atoms with Crippen LogP contribution < -0.4 is 10.6 Å². The first-order valence-electron chi connectivity index (χ1n) is 8.30. The standard InChI is InChI=1S/C19H20FN3O2/c20-16-3-1-2-15(12-16)19(7-8-19)18(25)22-11-6-17(24)23-13-14-4-9-21-10-5-14/h1-5,9-10,12H,6-8,11,13H2,(H,22,25)(H,23,24). The van der Waals surface area contributed by atoms with Crippen LogP contribution in [0.2, 0.25) is 0 Å². The minimum atomic E-state index is -0.629. The lowest BCUT2D eigenvalue weighted by Crippen LogP contribution is -2.37. The van der Waals surface area contributed by atoms with Crippen LogP contribution in [0.15, 0.2) is 48.8 Å². The summed E-state index contributed by atoms with van der Waals surface area (Å²) in [7, 11) is 0. The van der Waals surface area contributed by atoms with Gasteiger partial charge in [0.05, 0.1) is 5.41 Å². The van der Waals surface area contributed by atoms with Crippen LogP contribution in [0.5, 0.6) is 0 Å². The number of carbonyl (C=O) groups excluding carboxylic acids is 2. The van der Waals surface area contributed by atoms with Crippen molar-refractivity contribution >= 4 is 11.8 Å². The molecule has 1 aromatic heterocycles. The van der Waals surface area contributed by atoms with Gasteiger partial charge in [-0.2, -0.15) is 0 Å². The lowest BCUT2D eigenvalue weighted by Gasteiger charge is -2.16. The molecule has 0 aliphatic heterocycles. The van der Waals surface area contributed by atoms with Gasteiger partial charge in [-0.3, -0.25) is 14.6 Å². The maximum absolute atomic E-state index is 13.4. The number of amides is 2. The van der Waals surface area contributed by atoms with Crippen LogP contribution in [0.3, 0.4) is 0 Å². The van der Waals surface area contributed by atoms with Crippen LogP contribution in [0, 0.1) is 5.82 Å². The van der Waals surface area contributed by atoms with Gasteiger partial charge in [-0.1, -0.05) is 12.1 Å². The largest absolute Gasteiger partial charge is 0.355 e. The lowest BCUT2D eigenvalue weighted by molar-refractivity contribution is -0.124. The molecule has 0 saturated heterocycles. The van der Waals surface area contributed by atoms with Crippen LogP contribution in [0.25, 0.3) is 0 Å². The van der Waals surface area contributed by atoms with E-state index in [1.807, 2.05) is 12.1 Å². The second-order valence-electron chi connectivity index (χ2n) is 6.23. The molecule has 0 spiro atoms. The van der Waals surface area contributed by atoms with E-state index < -0.39 is 5.41 Å². The van der Waals surface area contributed by atoms with Gasteiger partial charge < -0.3 is 10.6 Å². The van der Waals surface area contributed by atoms with E-state index in [1.165, 1.54) is 12.1 Å². The van der Waals surface area contributed by atoms with Crippen molar-refractivity contribution in [1.82, 2.24) is 15.6 Å². The van der Waals surface area contributed by atoms with Gasteiger partial charge in [0, 0.05) is 31.9 Å². The number of carbonyl (C=O) groups is 2. The summed E-state index contributed by atoms with van der Waals surface area (Å²) in [6.45, 7) is 0.695. The molecule has 1 aliphatic carbocycles. The van der Waals surface area contributed by atoms with Gasteiger partial charge in [-0.05, 0) is 48.2 Å². The van der Waals surface area contributed by atoms with E-state index in [1.54, 1.807) is 24.5 Å². The smallest absolute Gasteiger partial charge is 0.230 e. The molecule has 5 nitrogen and oxygen atoms in total. The third-order valence-corrected chi connectivity index (χ3v) is 4.44. The van der Waals surface area contributed by atoms with Crippen molar-refractivity contribution < 1.29 is 14.0 Å². The number of rotatable bonds is 7. The molecule has 1 saturated carbocycles. The predicted octanol–water partition coefficient (Wildman–Crippen LogP) is 2.07. The van der Waals surface area contributed by atoms with Gasteiger partial charge in [-0.15, -0.1) is 0 Å². The third-order valence-electron chi connectivity index (χ3n) is 4.44. The highest BCUT2D eigenvalue weighted by Gasteiger charge is 2.51. The number of aromatic nitrogens is 1. The highest BCUT2D eigenvalue weighted by Crippen LogP contribution is 2.48.